The highest BCUT2D eigenvalue weighted by molar-refractivity contribution is 7.88. The molecule has 1 aliphatic heterocycles. The number of hydrogen-bond acceptors (Lipinski definition) is 4. The maximum Gasteiger partial charge on any atom is 0.218 e. The number of ether oxygens (including phenoxy) is 1. The quantitative estimate of drug-likeness (QED) is 0.549. The lowest BCUT2D eigenvalue weighted by Gasteiger charge is -2.29. The second-order valence-electron chi connectivity index (χ2n) is 6.80. The van der Waals surface area contributed by atoms with E-state index in [1.807, 2.05) is 0 Å². The van der Waals surface area contributed by atoms with Crippen molar-refractivity contribution in [1.82, 2.24) is 9.21 Å². The molecule has 2 rings (SSSR count). The largest absolute Gasteiger partial charge is 0.379 e. The van der Waals surface area contributed by atoms with Gasteiger partial charge in [-0.3, -0.25) is 4.90 Å². The number of nitrogens with zero attached hydrogens (tertiary/aromatic N) is 2. The predicted molar refractivity (Wildman–Crippen MR) is 102 cm³/mol. The smallest absolute Gasteiger partial charge is 0.218 e. The maximum absolute atomic E-state index is 13.4. The summed E-state index contributed by atoms with van der Waals surface area (Å²) < 4.78 is 46.1. The average molecular weight is 387 g/mol. The van der Waals surface area contributed by atoms with Crippen LogP contribution in [-0.2, 0) is 20.5 Å². The minimum absolute atomic E-state index is 0.151. The number of sulfonamides is 1. The topological polar surface area (TPSA) is 49.9 Å². The third-order valence-corrected chi connectivity index (χ3v) is 6.51. The lowest BCUT2D eigenvalue weighted by molar-refractivity contribution is 0.0362. The Labute approximate surface area is 157 Å². The van der Waals surface area contributed by atoms with E-state index >= 15 is 0 Å². The number of unbranched alkanes of at least 4 members (excludes halogenated alkanes) is 3. The highest BCUT2D eigenvalue weighted by Gasteiger charge is 2.23. The van der Waals surface area contributed by atoms with Crippen molar-refractivity contribution in [3.05, 3.63) is 35.6 Å². The van der Waals surface area contributed by atoms with Crippen LogP contribution in [0.15, 0.2) is 24.3 Å². The molecule has 1 saturated heterocycles. The Morgan fingerprint density at radius 2 is 1.92 bits per heavy atom. The van der Waals surface area contributed by atoms with Gasteiger partial charge in [0.15, 0.2) is 0 Å². The Kier molecular flexibility index (Phi) is 8.98. The van der Waals surface area contributed by atoms with Gasteiger partial charge in [-0.25, -0.2) is 17.1 Å². The molecule has 1 aromatic rings. The van der Waals surface area contributed by atoms with E-state index in [2.05, 4.69) is 11.8 Å². The van der Waals surface area contributed by atoms with Crippen LogP contribution in [0.3, 0.4) is 0 Å². The minimum atomic E-state index is -3.47. The highest BCUT2D eigenvalue weighted by Crippen LogP contribution is 2.14. The van der Waals surface area contributed by atoms with Gasteiger partial charge < -0.3 is 4.74 Å². The van der Waals surface area contributed by atoms with Crippen LogP contribution in [0.1, 0.15) is 38.2 Å². The van der Waals surface area contributed by atoms with Gasteiger partial charge in [0.1, 0.15) is 5.82 Å². The van der Waals surface area contributed by atoms with Crippen molar-refractivity contribution < 1.29 is 17.5 Å². The molecule has 26 heavy (non-hydrogen) atoms. The number of rotatable bonds is 11. The summed E-state index contributed by atoms with van der Waals surface area (Å²) in [7, 11) is -3.47. The molecule has 1 aromatic carbocycles. The van der Waals surface area contributed by atoms with E-state index in [4.69, 9.17) is 4.74 Å². The second kappa shape index (κ2) is 11.0. The summed E-state index contributed by atoms with van der Waals surface area (Å²) in [5, 5.41) is 0. The van der Waals surface area contributed by atoms with E-state index in [1.165, 1.54) is 12.1 Å². The Bertz CT molecular complexity index is 633. The Hall–Kier alpha value is -1.02. The molecular weight excluding hydrogens is 355 g/mol. The Morgan fingerprint density at radius 3 is 2.62 bits per heavy atom. The molecule has 0 unspecified atom stereocenters. The van der Waals surface area contributed by atoms with Crippen molar-refractivity contribution in [2.24, 2.45) is 0 Å². The fourth-order valence-corrected chi connectivity index (χ4v) is 4.66. The van der Waals surface area contributed by atoms with Crippen LogP contribution < -0.4 is 0 Å². The van der Waals surface area contributed by atoms with Gasteiger partial charge >= 0.3 is 0 Å². The van der Waals surface area contributed by atoms with Crippen LogP contribution in [0.4, 0.5) is 4.39 Å². The van der Waals surface area contributed by atoms with Gasteiger partial charge in [0.05, 0.1) is 19.0 Å². The Morgan fingerprint density at radius 1 is 1.15 bits per heavy atom. The second-order valence-corrected chi connectivity index (χ2v) is 8.77. The third-order valence-electron chi connectivity index (χ3n) is 4.66. The average Bonchev–Trinajstić information content (AvgIpc) is 2.61. The predicted octanol–water partition coefficient (Wildman–Crippen LogP) is 2.87. The first-order chi connectivity index (χ1) is 12.5. The van der Waals surface area contributed by atoms with E-state index in [0.29, 0.717) is 38.4 Å². The SMILES string of the molecule is CCCCCCN(CCN1CCOCC1)S(=O)(=O)Cc1cccc(F)c1. The Balaban J connectivity index is 1.99. The third kappa shape index (κ3) is 7.31. The fraction of sp³-hybridized carbons (Fsp3) is 0.684. The highest BCUT2D eigenvalue weighted by atomic mass is 32.2. The normalized spacial score (nSPS) is 16.3. The summed E-state index contributed by atoms with van der Waals surface area (Å²) in [4.78, 5) is 2.24. The van der Waals surface area contributed by atoms with Gasteiger partial charge in [-0.2, -0.15) is 0 Å². The minimum Gasteiger partial charge on any atom is -0.379 e. The zero-order valence-corrected chi connectivity index (χ0v) is 16.5. The molecular formula is C19H31FN2O3S. The zero-order chi connectivity index (χ0) is 18.8. The van der Waals surface area contributed by atoms with E-state index in [9.17, 15) is 12.8 Å². The molecule has 0 amide bonds. The molecule has 0 N–H and O–H groups in total. The summed E-state index contributed by atoms with van der Waals surface area (Å²) in [5.41, 5.74) is 0.495. The molecule has 0 spiro atoms. The molecule has 1 aliphatic rings. The molecule has 1 fully saturated rings. The summed E-state index contributed by atoms with van der Waals surface area (Å²) in [6, 6.07) is 5.85. The first kappa shape index (κ1) is 21.3. The van der Waals surface area contributed by atoms with Gasteiger partial charge in [-0.05, 0) is 24.1 Å². The van der Waals surface area contributed by atoms with Crippen LogP contribution in [0.2, 0.25) is 0 Å². The molecule has 0 radical (unpaired) electrons. The molecule has 0 saturated carbocycles. The molecule has 1 heterocycles. The number of morpholine rings is 1. The van der Waals surface area contributed by atoms with E-state index < -0.39 is 15.8 Å². The van der Waals surface area contributed by atoms with E-state index in [1.54, 1.807) is 16.4 Å². The van der Waals surface area contributed by atoms with Crippen molar-refractivity contribution in [2.75, 3.05) is 45.9 Å². The monoisotopic (exact) mass is 386 g/mol. The van der Waals surface area contributed by atoms with Crippen molar-refractivity contribution in [2.45, 2.75) is 38.4 Å². The molecule has 0 aromatic heterocycles. The summed E-state index contributed by atoms with van der Waals surface area (Å²) in [5.74, 6) is -0.553. The zero-order valence-electron chi connectivity index (χ0n) is 15.7. The number of hydrogen-bond donors (Lipinski definition) is 0. The van der Waals surface area contributed by atoms with Crippen molar-refractivity contribution in [3.8, 4) is 0 Å². The lowest BCUT2D eigenvalue weighted by atomic mass is 10.2. The standard InChI is InChI=1S/C19H31FN2O3S/c1-2-3-4-5-9-22(11-10-21-12-14-25-15-13-21)26(23,24)17-18-7-6-8-19(20)16-18/h6-8,16H,2-5,9-15,17H2,1H3. The van der Waals surface area contributed by atoms with Crippen LogP contribution in [0.25, 0.3) is 0 Å². The molecule has 0 aliphatic carbocycles. The van der Waals surface area contributed by atoms with Crippen molar-refractivity contribution >= 4 is 10.0 Å². The lowest BCUT2D eigenvalue weighted by Crippen LogP contribution is -2.43. The van der Waals surface area contributed by atoms with Gasteiger partial charge in [0.25, 0.3) is 0 Å². The van der Waals surface area contributed by atoms with Gasteiger partial charge in [-0.15, -0.1) is 0 Å². The first-order valence-corrected chi connectivity index (χ1v) is 11.1. The maximum atomic E-state index is 13.4. The van der Waals surface area contributed by atoms with E-state index in [0.717, 1.165) is 38.8 Å². The van der Waals surface area contributed by atoms with Gasteiger partial charge in [-0.1, -0.05) is 38.3 Å². The molecule has 5 nitrogen and oxygen atoms in total. The van der Waals surface area contributed by atoms with Crippen LogP contribution >= 0.6 is 0 Å². The van der Waals surface area contributed by atoms with Gasteiger partial charge in [0, 0.05) is 32.7 Å². The van der Waals surface area contributed by atoms with Crippen molar-refractivity contribution in [3.63, 3.8) is 0 Å². The number of halogens is 1. The van der Waals surface area contributed by atoms with Gasteiger partial charge in [0.2, 0.25) is 10.0 Å². The molecule has 0 bridgehead atoms. The van der Waals surface area contributed by atoms with Crippen LogP contribution in [0, 0.1) is 5.82 Å². The molecule has 0 atom stereocenters. The van der Waals surface area contributed by atoms with Crippen LogP contribution in [0.5, 0.6) is 0 Å². The fourth-order valence-electron chi connectivity index (χ4n) is 3.11. The van der Waals surface area contributed by atoms with Crippen molar-refractivity contribution in [1.29, 1.82) is 0 Å². The summed E-state index contributed by atoms with van der Waals surface area (Å²) in [6.45, 7) is 6.93. The molecule has 7 heteroatoms. The molecule has 148 valence electrons. The summed E-state index contributed by atoms with van der Waals surface area (Å²) in [6.07, 6.45) is 4.12. The summed E-state index contributed by atoms with van der Waals surface area (Å²) >= 11 is 0. The number of benzene rings is 1. The van der Waals surface area contributed by atoms with Crippen LogP contribution in [-0.4, -0.2) is 63.6 Å². The first-order valence-electron chi connectivity index (χ1n) is 9.53. The van der Waals surface area contributed by atoms with E-state index in [-0.39, 0.29) is 5.75 Å².